The van der Waals surface area contributed by atoms with Crippen molar-refractivity contribution in [3.8, 4) is 0 Å². The summed E-state index contributed by atoms with van der Waals surface area (Å²) in [4.78, 5) is 11.7. The number of cyclic esters (lactones) is 1. The van der Waals surface area contributed by atoms with Gasteiger partial charge in [0.2, 0.25) is 0 Å². The fraction of sp³-hybridized carbons (Fsp3) is 0.941. The average molecular weight is 284 g/mol. The third-order valence-electron chi connectivity index (χ3n) is 5.52. The summed E-state index contributed by atoms with van der Waals surface area (Å²) in [6.07, 6.45) is 8.80. The number of hydrogen-bond donors (Lipinski definition) is 0. The van der Waals surface area contributed by atoms with Crippen LogP contribution in [0.25, 0.3) is 0 Å². The zero-order valence-corrected chi connectivity index (χ0v) is 12.9. The summed E-state index contributed by atoms with van der Waals surface area (Å²) in [7, 11) is 0. The molecule has 20 heavy (non-hydrogen) atoms. The summed E-state index contributed by atoms with van der Waals surface area (Å²) in [6, 6.07) is 0. The first-order valence-corrected chi connectivity index (χ1v) is 8.38. The van der Waals surface area contributed by atoms with Gasteiger partial charge in [0.25, 0.3) is 0 Å². The Morgan fingerprint density at radius 2 is 1.90 bits per heavy atom. The van der Waals surface area contributed by atoms with Crippen LogP contribution in [0.5, 0.6) is 0 Å². The van der Waals surface area contributed by atoms with Crippen molar-refractivity contribution in [3.63, 3.8) is 0 Å². The number of halogens is 1. The molecule has 2 fully saturated rings. The predicted molar refractivity (Wildman–Crippen MR) is 78.1 cm³/mol. The summed E-state index contributed by atoms with van der Waals surface area (Å²) in [5.41, 5.74) is 0. The fourth-order valence-electron chi connectivity index (χ4n) is 3.90. The van der Waals surface area contributed by atoms with Gasteiger partial charge in [-0.1, -0.05) is 26.7 Å². The zero-order valence-electron chi connectivity index (χ0n) is 12.9. The van der Waals surface area contributed by atoms with Gasteiger partial charge in [0, 0.05) is 0 Å². The van der Waals surface area contributed by atoms with Gasteiger partial charge in [-0.2, -0.15) is 0 Å². The lowest BCUT2D eigenvalue weighted by Crippen LogP contribution is -2.37. The Labute approximate surface area is 122 Å². The second-order valence-corrected chi connectivity index (χ2v) is 6.92. The molecule has 0 aromatic rings. The van der Waals surface area contributed by atoms with E-state index in [2.05, 4.69) is 6.92 Å². The highest BCUT2D eigenvalue weighted by atomic mass is 19.1. The van der Waals surface area contributed by atoms with Crippen molar-refractivity contribution in [2.45, 2.75) is 71.3 Å². The quantitative estimate of drug-likeness (QED) is 0.694. The van der Waals surface area contributed by atoms with E-state index < -0.39 is 0 Å². The highest BCUT2D eigenvalue weighted by molar-refractivity contribution is 5.72. The number of ether oxygens (including phenoxy) is 1. The number of rotatable bonds is 5. The van der Waals surface area contributed by atoms with Gasteiger partial charge in [-0.15, -0.1) is 0 Å². The van der Waals surface area contributed by atoms with Crippen LogP contribution in [0.1, 0.15) is 65.2 Å². The van der Waals surface area contributed by atoms with Crippen LogP contribution in [-0.4, -0.2) is 18.7 Å². The molecule has 0 spiro atoms. The van der Waals surface area contributed by atoms with E-state index in [1.54, 1.807) is 0 Å². The topological polar surface area (TPSA) is 26.3 Å². The number of hydrogen-bond acceptors (Lipinski definition) is 2. The van der Waals surface area contributed by atoms with Gasteiger partial charge in [0.05, 0.1) is 12.6 Å². The van der Waals surface area contributed by atoms with Crippen LogP contribution in [0, 0.1) is 23.7 Å². The molecule has 1 aliphatic carbocycles. The van der Waals surface area contributed by atoms with Gasteiger partial charge >= 0.3 is 5.97 Å². The first-order chi connectivity index (χ1) is 9.61. The summed E-state index contributed by atoms with van der Waals surface area (Å²) < 4.78 is 17.8. The van der Waals surface area contributed by atoms with E-state index in [1.165, 1.54) is 25.7 Å². The molecule has 1 saturated carbocycles. The standard InChI is InChI=1S/C17H29FO2/c1-12-5-10-16(20-17(12)19)13(2)15-8-6-14(7-9-15)4-3-11-18/h12-16H,3-11H2,1-2H3. The minimum Gasteiger partial charge on any atom is -0.462 e. The molecule has 2 nitrogen and oxygen atoms in total. The first kappa shape index (κ1) is 15.8. The SMILES string of the molecule is CC1CCC(C(C)C2CCC(CCCF)CC2)OC1=O. The van der Waals surface area contributed by atoms with Gasteiger partial charge in [-0.3, -0.25) is 9.18 Å². The molecule has 3 atom stereocenters. The van der Waals surface area contributed by atoms with Crippen molar-refractivity contribution < 1.29 is 13.9 Å². The number of carbonyl (C=O) groups is 1. The van der Waals surface area contributed by atoms with Crippen molar-refractivity contribution in [3.05, 3.63) is 0 Å². The molecule has 116 valence electrons. The molecule has 3 unspecified atom stereocenters. The smallest absolute Gasteiger partial charge is 0.308 e. The minimum absolute atomic E-state index is 0.00951. The highest BCUT2D eigenvalue weighted by Gasteiger charge is 2.35. The van der Waals surface area contributed by atoms with Crippen molar-refractivity contribution >= 4 is 5.97 Å². The molecule has 2 rings (SSSR count). The molecule has 0 aromatic carbocycles. The lowest BCUT2D eigenvalue weighted by atomic mass is 9.72. The molecule has 3 heteroatoms. The Hall–Kier alpha value is -0.600. The van der Waals surface area contributed by atoms with Crippen LogP contribution in [-0.2, 0) is 9.53 Å². The Morgan fingerprint density at radius 3 is 2.50 bits per heavy atom. The molecule has 1 heterocycles. The maximum atomic E-state index is 12.2. The molecular formula is C17H29FO2. The largest absolute Gasteiger partial charge is 0.462 e. The molecule has 0 aromatic heterocycles. The molecule has 1 saturated heterocycles. The van der Waals surface area contributed by atoms with E-state index >= 15 is 0 Å². The van der Waals surface area contributed by atoms with Gasteiger partial charge < -0.3 is 4.74 Å². The number of esters is 1. The van der Waals surface area contributed by atoms with Crippen LogP contribution in [0.2, 0.25) is 0 Å². The summed E-state index contributed by atoms with van der Waals surface area (Å²) >= 11 is 0. The van der Waals surface area contributed by atoms with Gasteiger partial charge in [-0.25, -0.2) is 0 Å². The molecule has 0 radical (unpaired) electrons. The molecule has 0 bridgehead atoms. The molecule has 0 N–H and O–H groups in total. The second kappa shape index (κ2) is 7.42. The maximum Gasteiger partial charge on any atom is 0.308 e. The summed E-state index contributed by atoms with van der Waals surface area (Å²) in [5, 5.41) is 0. The first-order valence-electron chi connectivity index (χ1n) is 8.38. The van der Waals surface area contributed by atoms with Crippen LogP contribution in [0.3, 0.4) is 0 Å². The van der Waals surface area contributed by atoms with Crippen LogP contribution < -0.4 is 0 Å². The summed E-state index contributed by atoms with van der Waals surface area (Å²) in [5.74, 6) is 1.96. The Kier molecular flexibility index (Phi) is 5.86. The molecular weight excluding hydrogens is 255 g/mol. The van der Waals surface area contributed by atoms with Crippen molar-refractivity contribution in [2.24, 2.45) is 23.7 Å². The van der Waals surface area contributed by atoms with Crippen molar-refractivity contribution in [1.82, 2.24) is 0 Å². The van der Waals surface area contributed by atoms with E-state index in [4.69, 9.17) is 4.74 Å². The maximum absolute atomic E-state index is 12.2. The second-order valence-electron chi connectivity index (χ2n) is 6.92. The molecule has 2 aliphatic rings. The minimum atomic E-state index is -0.174. The van der Waals surface area contributed by atoms with Gasteiger partial charge in [0.1, 0.15) is 6.10 Å². The lowest BCUT2D eigenvalue weighted by molar-refractivity contribution is -0.164. The van der Waals surface area contributed by atoms with Gasteiger partial charge in [0.15, 0.2) is 0 Å². The van der Waals surface area contributed by atoms with Crippen LogP contribution in [0.15, 0.2) is 0 Å². The van der Waals surface area contributed by atoms with E-state index in [0.29, 0.717) is 11.8 Å². The Bertz CT molecular complexity index is 310. The van der Waals surface area contributed by atoms with E-state index in [-0.39, 0.29) is 24.7 Å². The Morgan fingerprint density at radius 1 is 1.20 bits per heavy atom. The number of carbonyl (C=O) groups excluding carboxylic acids is 1. The third-order valence-corrected chi connectivity index (χ3v) is 5.52. The average Bonchev–Trinajstić information content (AvgIpc) is 2.48. The normalized spacial score (nSPS) is 36.5. The third kappa shape index (κ3) is 3.95. The molecule has 0 amide bonds. The monoisotopic (exact) mass is 284 g/mol. The van der Waals surface area contributed by atoms with E-state index in [9.17, 15) is 9.18 Å². The van der Waals surface area contributed by atoms with Crippen LogP contribution >= 0.6 is 0 Å². The lowest BCUT2D eigenvalue weighted by Gasteiger charge is -2.38. The Balaban J connectivity index is 1.77. The van der Waals surface area contributed by atoms with Crippen LogP contribution in [0.4, 0.5) is 4.39 Å². The van der Waals surface area contributed by atoms with Gasteiger partial charge in [-0.05, 0) is 56.3 Å². The number of alkyl halides is 1. The van der Waals surface area contributed by atoms with E-state index in [0.717, 1.165) is 31.6 Å². The fourth-order valence-corrected chi connectivity index (χ4v) is 3.90. The highest BCUT2D eigenvalue weighted by Crippen LogP contribution is 2.39. The van der Waals surface area contributed by atoms with Crippen molar-refractivity contribution in [2.75, 3.05) is 6.67 Å². The summed E-state index contributed by atoms with van der Waals surface area (Å²) in [6.45, 7) is 4.03. The molecule has 1 aliphatic heterocycles. The van der Waals surface area contributed by atoms with Crippen molar-refractivity contribution in [1.29, 1.82) is 0 Å². The zero-order chi connectivity index (χ0) is 14.5. The van der Waals surface area contributed by atoms with E-state index in [1.807, 2.05) is 6.92 Å². The predicted octanol–water partition coefficient (Wildman–Crippen LogP) is 4.52.